The molecule has 9 heteroatoms. The molecular weight excluding hydrogens is 344 g/mol. The molecule has 2 aromatic heterocycles. The third-order valence-electron chi connectivity index (χ3n) is 4.36. The lowest BCUT2D eigenvalue weighted by molar-refractivity contribution is 0.218. The number of aromatic nitrogens is 6. The molecule has 0 unspecified atom stereocenters. The van der Waals surface area contributed by atoms with E-state index in [9.17, 15) is 4.79 Å². The maximum Gasteiger partial charge on any atom is 0.322 e. The van der Waals surface area contributed by atoms with Crippen molar-refractivity contribution in [3.63, 3.8) is 0 Å². The fraction of sp³-hybridized carbons (Fsp3) is 0.389. The smallest absolute Gasteiger partial charge is 0.320 e. The molecule has 0 aliphatic heterocycles. The summed E-state index contributed by atoms with van der Waals surface area (Å²) in [6.07, 6.45) is 5.74. The second kappa shape index (κ2) is 7.98. The van der Waals surface area contributed by atoms with E-state index in [-0.39, 0.29) is 12.1 Å². The summed E-state index contributed by atoms with van der Waals surface area (Å²) in [5.41, 5.74) is 2.71. The lowest BCUT2D eigenvalue weighted by Gasteiger charge is -2.20. The van der Waals surface area contributed by atoms with Gasteiger partial charge in [0.05, 0.1) is 12.2 Å². The first-order valence-corrected chi connectivity index (χ1v) is 8.88. The summed E-state index contributed by atoms with van der Waals surface area (Å²) in [7, 11) is 1.74. The number of carbonyl (C=O) groups excluding carboxylic acids is 1. The van der Waals surface area contributed by atoms with Gasteiger partial charge < -0.3 is 14.8 Å². The first-order valence-electron chi connectivity index (χ1n) is 8.88. The lowest BCUT2D eigenvalue weighted by Crippen LogP contribution is -2.32. The Balaban J connectivity index is 1.76. The summed E-state index contributed by atoms with van der Waals surface area (Å²) in [6.45, 7) is 6.53. The predicted molar refractivity (Wildman–Crippen MR) is 102 cm³/mol. The van der Waals surface area contributed by atoms with Crippen molar-refractivity contribution in [1.29, 1.82) is 0 Å². The van der Waals surface area contributed by atoms with E-state index in [2.05, 4.69) is 46.5 Å². The molecule has 3 rings (SSSR count). The number of aryl methyl sites for hydroxylation is 1. The van der Waals surface area contributed by atoms with Gasteiger partial charge in [-0.2, -0.15) is 0 Å². The maximum atomic E-state index is 12.7. The van der Waals surface area contributed by atoms with Crippen LogP contribution in [0.2, 0.25) is 0 Å². The van der Waals surface area contributed by atoms with Gasteiger partial charge in [-0.15, -0.1) is 20.4 Å². The Morgan fingerprint density at radius 1 is 1.19 bits per heavy atom. The molecule has 27 heavy (non-hydrogen) atoms. The molecule has 0 bridgehead atoms. The predicted octanol–water partition coefficient (Wildman–Crippen LogP) is 2.67. The quantitative estimate of drug-likeness (QED) is 0.722. The molecule has 0 atom stereocenters. The van der Waals surface area contributed by atoms with Crippen molar-refractivity contribution in [3.05, 3.63) is 48.6 Å². The summed E-state index contributed by atoms with van der Waals surface area (Å²) in [5.74, 6) is 0.747. The number of carbonyl (C=O) groups is 1. The molecule has 0 saturated carbocycles. The van der Waals surface area contributed by atoms with Gasteiger partial charge in [-0.25, -0.2) is 4.79 Å². The molecule has 1 aromatic carbocycles. The van der Waals surface area contributed by atoms with Crippen LogP contribution < -0.4 is 5.32 Å². The van der Waals surface area contributed by atoms with Crippen LogP contribution >= 0.6 is 0 Å². The number of hydrogen-bond acceptors (Lipinski definition) is 5. The largest absolute Gasteiger partial charge is 0.322 e. The van der Waals surface area contributed by atoms with Crippen molar-refractivity contribution in [3.8, 4) is 5.69 Å². The molecule has 0 aliphatic rings. The fourth-order valence-electron chi connectivity index (χ4n) is 2.79. The Kier molecular flexibility index (Phi) is 5.49. The van der Waals surface area contributed by atoms with E-state index in [0.29, 0.717) is 6.54 Å². The molecule has 0 spiro atoms. The maximum absolute atomic E-state index is 12.7. The minimum atomic E-state index is -0.205. The van der Waals surface area contributed by atoms with Gasteiger partial charge in [0.25, 0.3) is 0 Å². The highest BCUT2D eigenvalue weighted by Gasteiger charge is 2.16. The summed E-state index contributed by atoms with van der Waals surface area (Å²) in [5, 5.41) is 18.7. The van der Waals surface area contributed by atoms with Crippen molar-refractivity contribution in [1.82, 2.24) is 34.4 Å². The van der Waals surface area contributed by atoms with Gasteiger partial charge in [-0.1, -0.05) is 13.0 Å². The lowest BCUT2D eigenvalue weighted by atomic mass is 10.1. The van der Waals surface area contributed by atoms with Gasteiger partial charge in [0.15, 0.2) is 5.82 Å². The van der Waals surface area contributed by atoms with E-state index in [1.165, 1.54) is 0 Å². The average molecular weight is 368 g/mol. The van der Waals surface area contributed by atoms with Crippen LogP contribution in [0.5, 0.6) is 0 Å². The van der Waals surface area contributed by atoms with Gasteiger partial charge >= 0.3 is 6.03 Å². The first kappa shape index (κ1) is 18.6. The number of amides is 2. The van der Waals surface area contributed by atoms with E-state index in [1.54, 1.807) is 35.5 Å². The number of nitrogens with one attached hydrogen (secondary N) is 1. The monoisotopic (exact) mass is 368 g/mol. The molecule has 0 fully saturated rings. The second-order valence-corrected chi connectivity index (χ2v) is 6.60. The third-order valence-corrected chi connectivity index (χ3v) is 4.36. The zero-order valence-corrected chi connectivity index (χ0v) is 16.0. The highest BCUT2D eigenvalue weighted by Crippen LogP contribution is 2.21. The SMILES string of the molecule is CCc1ccc(-n2cnnc2)cc1NC(=O)N(C)Cc1nncn1C(C)C. The van der Waals surface area contributed by atoms with E-state index in [0.717, 1.165) is 29.2 Å². The Morgan fingerprint density at radius 2 is 1.93 bits per heavy atom. The van der Waals surface area contributed by atoms with E-state index >= 15 is 0 Å². The van der Waals surface area contributed by atoms with E-state index in [1.807, 2.05) is 22.8 Å². The molecule has 0 aliphatic carbocycles. The van der Waals surface area contributed by atoms with Crippen LogP contribution in [0, 0.1) is 0 Å². The summed E-state index contributed by atoms with van der Waals surface area (Å²) in [6, 6.07) is 5.93. The average Bonchev–Trinajstić information content (AvgIpc) is 3.33. The van der Waals surface area contributed by atoms with Gasteiger partial charge in [0.2, 0.25) is 0 Å². The molecule has 2 heterocycles. The highest BCUT2D eigenvalue weighted by atomic mass is 16.2. The van der Waals surface area contributed by atoms with E-state index in [4.69, 9.17) is 0 Å². The van der Waals surface area contributed by atoms with Crippen molar-refractivity contribution in [2.75, 3.05) is 12.4 Å². The number of nitrogens with zero attached hydrogens (tertiary/aromatic N) is 7. The van der Waals surface area contributed by atoms with Crippen LogP contribution in [0.3, 0.4) is 0 Å². The van der Waals surface area contributed by atoms with Crippen molar-refractivity contribution in [2.24, 2.45) is 0 Å². The Labute approximate surface area is 158 Å². The normalized spacial score (nSPS) is 11.0. The zero-order valence-electron chi connectivity index (χ0n) is 16.0. The Morgan fingerprint density at radius 3 is 2.59 bits per heavy atom. The van der Waals surface area contributed by atoms with Gasteiger partial charge in [0.1, 0.15) is 19.0 Å². The fourth-order valence-corrected chi connectivity index (χ4v) is 2.79. The topological polar surface area (TPSA) is 93.8 Å². The molecule has 9 nitrogen and oxygen atoms in total. The number of anilines is 1. The summed E-state index contributed by atoms with van der Waals surface area (Å²) in [4.78, 5) is 14.3. The number of benzene rings is 1. The van der Waals surface area contributed by atoms with Crippen LogP contribution in [0.15, 0.2) is 37.2 Å². The van der Waals surface area contributed by atoms with E-state index < -0.39 is 0 Å². The van der Waals surface area contributed by atoms with Crippen molar-refractivity contribution in [2.45, 2.75) is 39.8 Å². The van der Waals surface area contributed by atoms with Crippen molar-refractivity contribution < 1.29 is 4.79 Å². The number of urea groups is 1. The summed E-state index contributed by atoms with van der Waals surface area (Å²) < 4.78 is 3.75. The second-order valence-electron chi connectivity index (χ2n) is 6.60. The third kappa shape index (κ3) is 4.13. The molecular formula is C18H24N8O. The van der Waals surface area contributed by atoms with Crippen LogP contribution in [0.1, 0.15) is 38.2 Å². The minimum Gasteiger partial charge on any atom is -0.320 e. The highest BCUT2D eigenvalue weighted by molar-refractivity contribution is 5.90. The molecule has 0 radical (unpaired) electrons. The number of hydrogen-bond donors (Lipinski definition) is 1. The van der Waals surface area contributed by atoms with Crippen LogP contribution in [-0.4, -0.2) is 47.5 Å². The Hall–Kier alpha value is -3.23. The van der Waals surface area contributed by atoms with Crippen LogP contribution in [0.4, 0.5) is 10.5 Å². The van der Waals surface area contributed by atoms with Gasteiger partial charge in [-0.05, 0) is 38.0 Å². The Bertz CT molecular complexity index is 900. The van der Waals surface area contributed by atoms with Crippen molar-refractivity contribution >= 4 is 11.7 Å². The van der Waals surface area contributed by atoms with Crippen LogP contribution in [0.25, 0.3) is 5.69 Å². The minimum absolute atomic E-state index is 0.205. The van der Waals surface area contributed by atoms with Crippen LogP contribution in [-0.2, 0) is 13.0 Å². The molecule has 142 valence electrons. The summed E-state index contributed by atoms with van der Waals surface area (Å²) >= 11 is 0. The molecule has 2 amide bonds. The van der Waals surface area contributed by atoms with Gasteiger partial charge in [0, 0.05) is 18.8 Å². The molecule has 3 aromatic rings. The standard InChI is InChI=1S/C18H24N8O/c1-5-14-6-7-15(25-10-19-20-11-25)8-16(14)22-18(27)24(4)9-17-23-21-12-26(17)13(2)3/h6-8,10-13H,5,9H2,1-4H3,(H,22,27). The number of rotatable bonds is 6. The van der Waals surface area contributed by atoms with Gasteiger partial charge in [-0.3, -0.25) is 4.57 Å². The first-order chi connectivity index (χ1) is 13.0. The molecule has 1 N–H and O–H groups in total. The molecule has 0 saturated heterocycles. The zero-order chi connectivity index (χ0) is 19.4.